The maximum atomic E-state index is 6.06. The van der Waals surface area contributed by atoms with Crippen LogP contribution in [-0.2, 0) is 19.4 Å². The van der Waals surface area contributed by atoms with Crippen LogP contribution in [0.2, 0.25) is 5.02 Å². The van der Waals surface area contributed by atoms with Gasteiger partial charge in [-0.15, -0.1) is 0 Å². The second kappa shape index (κ2) is 7.85. The predicted molar refractivity (Wildman–Crippen MR) is 107 cm³/mol. The number of anilines is 1. The molecule has 3 aromatic rings. The first kappa shape index (κ1) is 17.0. The molecule has 0 amide bonds. The Morgan fingerprint density at radius 2 is 1.69 bits per heavy atom. The van der Waals surface area contributed by atoms with E-state index in [-0.39, 0.29) is 0 Å². The Morgan fingerprint density at radius 3 is 2.50 bits per heavy atom. The first-order valence-corrected chi connectivity index (χ1v) is 9.31. The first-order valence-electron chi connectivity index (χ1n) is 8.94. The van der Waals surface area contributed by atoms with E-state index in [9.17, 15) is 0 Å². The predicted octanol–water partition coefficient (Wildman–Crippen LogP) is 4.10. The molecule has 4 rings (SSSR count). The van der Waals surface area contributed by atoms with Crippen LogP contribution in [0.4, 0.5) is 5.95 Å². The van der Waals surface area contributed by atoms with Crippen molar-refractivity contribution in [3.05, 3.63) is 76.4 Å². The Labute approximate surface area is 158 Å². The zero-order valence-electron chi connectivity index (χ0n) is 14.5. The van der Waals surface area contributed by atoms with Gasteiger partial charge >= 0.3 is 0 Å². The molecule has 132 valence electrons. The fourth-order valence-electron chi connectivity index (χ4n) is 3.25. The molecule has 26 heavy (non-hydrogen) atoms. The van der Waals surface area contributed by atoms with Crippen LogP contribution in [0.3, 0.4) is 0 Å². The van der Waals surface area contributed by atoms with E-state index in [1.54, 1.807) is 0 Å². The van der Waals surface area contributed by atoms with Crippen LogP contribution in [0.25, 0.3) is 11.3 Å². The standard InChI is InChI=1S/C21H21ClN4/c22-17-8-6-16(7-9-17)20-18-10-12-23-13-11-19(18)25-21(26-20)24-14-15-4-2-1-3-5-15/h1-9,23H,10-14H2,(H,24,25,26). The van der Waals surface area contributed by atoms with E-state index < -0.39 is 0 Å². The second-order valence-electron chi connectivity index (χ2n) is 6.42. The molecular formula is C21H21ClN4. The van der Waals surface area contributed by atoms with Crippen molar-refractivity contribution in [3.63, 3.8) is 0 Å². The summed E-state index contributed by atoms with van der Waals surface area (Å²) in [7, 11) is 0. The summed E-state index contributed by atoms with van der Waals surface area (Å²) in [6.07, 6.45) is 1.85. The molecule has 0 aliphatic carbocycles. The number of rotatable bonds is 4. The number of hydrogen-bond donors (Lipinski definition) is 2. The quantitative estimate of drug-likeness (QED) is 0.731. The third-order valence-electron chi connectivity index (χ3n) is 4.59. The van der Waals surface area contributed by atoms with Crippen molar-refractivity contribution in [2.24, 2.45) is 0 Å². The summed E-state index contributed by atoms with van der Waals surface area (Å²) < 4.78 is 0. The number of benzene rings is 2. The highest BCUT2D eigenvalue weighted by Gasteiger charge is 2.17. The van der Waals surface area contributed by atoms with Crippen LogP contribution in [0.1, 0.15) is 16.8 Å². The fraction of sp³-hybridized carbons (Fsp3) is 0.238. The zero-order chi connectivity index (χ0) is 17.8. The van der Waals surface area contributed by atoms with Crippen LogP contribution in [0.15, 0.2) is 54.6 Å². The maximum Gasteiger partial charge on any atom is 0.223 e. The molecule has 0 atom stereocenters. The molecule has 1 aliphatic rings. The molecular weight excluding hydrogens is 344 g/mol. The van der Waals surface area contributed by atoms with E-state index in [0.29, 0.717) is 12.5 Å². The van der Waals surface area contributed by atoms with Gasteiger partial charge in [-0.1, -0.05) is 54.1 Å². The summed E-state index contributed by atoms with van der Waals surface area (Å²) in [6.45, 7) is 2.61. The van der Waals surface area contributed by atoms with Gasteiger partial charge in [0.2, 0.25) is 5.95 Å². The summed E-state index contributed by atoms with van der Waals surface area (Å²) in [4.78, 5) is 9.65. The average molecular weight is 365 g/mol. The summed E-state index contributed by atoms with van der Waals surface area (Å²) in [5.74, 6) is 0.680. The third-order valence-corrected chi connectivity index (χ3v) is 4.85. The molecule has 5 heteroatoms. The minimum atomic E-state index is 0.680. The maximum absolute atomic E-state index is 6.06. The summed E-state index contributed by atoms with van der Waals surface area (Å²) in [5, 5.41) is 7.57. The molecule has 0 radical (unpaired) electrons. The van der Waals surface area contributed by atoms with E-state index >= 15 is 0 Å². The molecule has 0 saturated carbocycles. The lowest BCUT2D eigenvalue weighted by molar-refractivity contribution is 0.708. The van der Waals surface area contributed by atoms with Crippen molar-refractivity contribution < 1.29 is 0 Å². The van der Waals surface area contributed by atoms with E-state index in [1.807, 2.05) is 42.5 Å². The smallest absolute Gasteiger partial charge is 0.223 e. The SMILES string of the molecule is Clc1ccc(-c2nc(NCc3ccccc3)nc3c2CCNCC3)cc1. The molecule has 0 bridgehead atoms. The van der Waals surface area contributed by atoms with Crippen molar-refractivity contribution in [1.29, 1.82) is 0 Å². The highest BCUT2D eigenvalue weighted by atomic mass is 35.5. The number of aromatic nitrogens is 2. The van der Waals surface area contributed by atoms with Gasteiger partial charge in [0.1, 0.15) is 0 Å². The molecule has 0 unspecified atom stereocenters. The van der Waals surface area contributed by atoms with Gasteiger partial charge in [0, 0.05) is 35.7 Å². The van der Waals surface area contributed by atoms with Crippen LogP contribution in [0.5, 0.6) is 0 Å². The van der Waals surface area contributed by atoms with Gasteiger partial charge in [0.25, 0.3) is 0 Å². The Balaban J connectivity index is 1.70. The lowest BCUT2D eigenvalue weighted by Crippen LogP contribution is -2.16. The largest absolute Gasteiger partial charge is 0.350 e. The van der Waals surface area contributed by atoms with Gasteiger partial charge in [-0.2, -0.15) is 0 Å². The third kappa shape index (κ3) is 3.87. The van der Waals surface area contributed by atoms with Crippen molar-refractivity contribution >= 4 is 17.5 Å². The highest BCUT2D eigenvalue weighted by molar-refractivity contribution is 6.30. The van der Waals surface area contributed by atoms with Gasteiger partial charge in [0.15, 0.2) is 0 Å². The molecule has 1 aromatic heterocycles. The molecule has 2 aromatic carbocycles. The van der Waals surface area contributed by atoms with Gasteiger partial charge < -0.3 is 10.6 Å². The van der Waals surface area contributed by atoms with Gasteiger partial charge in [0.05, 0.1) is 11.4 Å². The van der Waals surface area contributed by atoms with E-state index in [4.69, 9.17) is 21.6 Å². The van der Waals surface area contributed by atoms with Crippen LogP contribution in [0, 0.1) is 0 Å². The lowest BCUT2D eigenvalue weighted by atomic mass is 10.0. The molecule has 0 saturated heterocycles. The zero-order valence-corrected chi connectivity index (χ0v) is 15.3. The average Bonchev–Trinajstić information content (AvgIpc) is 2.93. The molecule has 4 nitrogen and oxygen atoms in total. The Bertz CT molecular complexity index is 879. The van der Waals surface area contributed by atoms with Crippen LogP contribution < -0.4 is 10.6 Å². The molecule has 2 heterocycles. The molecule has 2 N–H and O–H groups in total. The number of nitrogens with one attached hydrogen (secondary N) is 2. The van der Waals surface area contributed by atoms with E-state index in [2.05, 4.69) is 22.8 Å². The Hall–Kier alpha value is -2.43. The normalized spacial score (nSPS) is 13.7. The van der Waals surface area contributed by atoms with Crippen LogP contribution in [-0.4, -0.2) is 23.1 Å². The van der Waals surface area contributed by atoms with Gasteiger partial charge in [-0.05, 0) is 30.7 Å². The summed E-state index contributed by atoms with van der Waals surface area (Å²) >= 11 is 6.06. The van der Waals surface area contributed by atoms with Crippen molar-refractivity contribution in [1.82, 2.24) is 15.3 Å². The number of hydrogen-bond acceptors (Lipinski definition) is 4. The first-order chi connectivity index (χ1) is 12.8. The van der Waals surface area contributed by atoms with Crippen molar-refractivity contribution in [2.45, 2.75) is 19.4 Å². The van der Waals surface area contributed by atoms with Crippen molar-refractivity contribution in [2.75, 3.05) is 18.4 Å². The van der Waals surface area contributed by atoms with Gasteiger partial charge in [-0.3, -0.25) is 0 Å². The Morgan fingerprint density at radius 1 is 0.923 bits per heavy atom. The topological polar surface area (TPSA) is 49.8 Å². The second-order valence-corrected chi connectivity index (χ2v) is 6.85. The van der Waals surface area contributed by atoms with Crippen molar-refractivity contribution in [3.8, 4) is 11.3 Å². The summed E-state index contributed by atoms with van der Waals surface area (Å²) in [6, 6.07) is 18.2. The monoisotopic (exact) mass is 364 g/mol. The molecule has 0 spiro atoms. The van der Waals surface area contributed by atoms with E-state index in [0.717, 1.165) is 47.9 Å². The minimum Gasteiger partial charge on any atom is -0.350 e. The summed E-state index contributed by atoms with van der Waals surface area (Å²) in [5.41, 5.74) is 5.66. The fourth-order valence-corrected chi connectivity index (χ4v) is 3.37. The number of fused-ring (bicyclic) bond motifs is 1. The lowest BCUT2D eigenvalue weighted by Gasteiger charge is -2.14. The molecule has 0 fully saturated rings. The minimum absolute atomic E-state index is 0.680. The molecule has 1 aliphatic heterocycles. The Kier molecular flexibility index (Phi) is 5.14. The van der Waals surface area contributed by atoms with E-state index in [1.165, 1.54) is 11.1 Å². The number of halogens is 1. The highest BCUT2D eigenvalue weighted by Crippen LogP contribution is 2.28. The number of nitrogens with zero attached hydrogens (tertiary/aromatic N) is 2. The van der Waals surface area contributed by atoms with Gasteiger partial charge in [-0.25, -0.2) is 9.97 Å². The van der Waals surface area contributed by atoms with Crippen LogP contribution >= 0.6 is 11.6 Å².